The molecule has 0 spiro atoms. The Labute approximate surface area is 336 Å². The molecule has 58 heavy (non-hydrogen) atoms. The molecule has 1 fully saturated rings. The molecule has 16 nitrogen and oxygen atoms in total. The van der Waals surface area contributed by atoms with Crippen LogP contribution >= 0.6 is 11.6 Å². The summed E-state index contributed by atoms with van der Waals surface area (Å²) in [4.78, 5) is 40.4. The highest BCUT2D eigenvalue weighted by Gasteiger charge is 2.68. The number of aromatic hydroxyl groups is 3. The van der Waals surface area contributed by atoms with E-state index in [0.717, 1.165) is 0 Å². The van der Waals surface area contributed by atoms with Gasteiger partial charge in [-0.2, -0.15) is 0 Å². The number of phenols is 3. The maximum absolute atomic E-state index is 13.7. The van der Waals surface area contributed by atoms with Crippen LogP contribution in [0.5, 0.6) is 17.2 Å². The lowest BCUT2D eigenvalue weighted by molar-refractivity contribution is -0.166. The summed E-state index contributed by atoms with van der Waals surface area (Å²) in [5, 5.41) is 72.3. The summed E-state index contributed by atoms with van der Waals surface area (Å²) >= 11 is 6.25. The van der Waals surface area contributed by atoms with Crippen molar-refractivity contribution in [1.29, 1.82) is 0 Å². The number of carbonyl (C=O) groups excluding carboxylic acids is 3. The summed E-state index contributed by atoms with van der Waals surface area (Å²) in [6.45, 7) is 3.89. The number of aliphatic hydroxyl groups excluding tert-OH is 3. The summed E-state index contributed by atoms with van der Waals surface area (Å²) in [7, 11) is -0.643. The third-order valence-corrected chi connectivity index (χ3v) is 12.0. The fourth-order valence-corrected chi connectivity index (χ4v) is 8.72. The Bertz CT molecular complexity index is 2450. The number of fused-ring (bicyclic) bond motifs is 3. The predicted octanol–water partition coefficient (Wildman–Crippen LogP) is 2.84. The lowest BCUT2D eigenvalue weighted by Crippen LogP contribution is -2.70. The van der Waals surface area contributed by atoms with Gasteiger partial charge in [0.2, 0.25) is 15.6 Å². The molecular formula is C40H39ClN4O12S. The summed E-state index contributed by atoms with van der Waals surface area (Å²) in [6, 6.07) is 19.1. The Morgan fingerprint density at radius 2 is 1.33 bits per heavy atom. The van der Waals surface area contributed by atoms with E-state index >= 15 is 0 Å². The van der Waals surface area contributed by atoms with E-state index < -0.39 is 85.3 Å². The van der Waals surface area contributed by atoms with Gasteiger partial charge in [0.15, 0.2) is 11.4 Å². The number of benzene rings is 4. The molecule has 0 saturated heterocycles. The Morgan fingerprint density at radius 3 is 1.76 bits per heavy atom. The molecule has 0 unspecified atom stereocenters. The average molecular weight is 835 g/mol. The predicted molar refractivity (Wildman–Crippen MR) is 213 cm³/mol. The maximum Gasteiger partial charge on any atom is 0.255 e. The number of hydrogen-bond acceptors (Lipinski definition) is 15. The molecule has 0 radical (unpaired) electrons. The fraction of sp³-hybridized carbons (Fsp3) is 0.175. The Morgan fingerprint density at radius 1 is 0.828 bits per heavy atom. The van der Waals surface area contributed by atoms with Crippen LogP contribution in [0.4, 0.5) is 11.4 Å². The molecule has 4 aromatic rings. The number of rotatable bonds is 4. The number of halogens is 1. The molecule has 5 atom stereocenters. The molecule has 0 aliphatic heterocycles. The SMILES string of the molecule is C=C1c2c(Cl)ccc(O)c2C(O)=C2C(=O)[C@]3(O)C(O)=C(C(N)=O)C(=O)[C@@H](N(C)C)[C@@H]3[C@@H](O)[C@H]12.Nc1ccc(S(=O)(=O)c2ccc(N)cc2)cc1.Oc1cccc(O)c1. The third-order valence-electron chi connectivity index (χ3n) is 9.88. The molecule has 7 rings (SSSR count). The molecule has 1 amide bonds. The van der Waals surface area contributed by atoms with E-state index in [0.29, 0.717) is 11.4 Å². The monoisotopic (exact) mass is 834 g/mol. The number of phenolic OH excluding ortho intramolecular Hbond substituents is 3. The standard InChI is InChI=1S/C22H21ClN2O8.C12H12N2O2S.C6H6O2/c1-6-9-7(23)4-5-8(26)11(9)16(27)12-10(6)17(28)14-15(25(2)3)18(29)13(21(24)32)20(31)22(14,33)19(12)30;13-9-1-5-11(6-2-9)17(15,16)12-7-3-10(14)4-8-12;7-5-2-1-3-6(8)4-5/h4-5,10,14-15,17,26-28,31,33H,1H2,2-3H3,(H2,24,32);1-8H,13-14H2;1-4,7-8H/t10-,14-,15+,17+,22+;;/m1../s1. The Hall–Kier alpha value is -6.37. The van der Waals surface area contributed by atoms with Crippen LogP contribution < -0.4 is 17.2 Å². The molecule has 0 bridgehead atoms. The van der Waals surface area contributed by atoms with E-state index in [1.54, 1.807) is 30.3 Å². The summed E-state index contributed by atoms with van der Waals surface area (Å²) < 4.78 is 24.3. The van der Waals surface area contributed by atoms with Gasteiger partial charge in [-0.15, -0.1) is 0 Å². The average Bonchev–Trinajstić information content (AvgIpc) is 3.14. The highest BCUT2D eigenvalue weighted by molar-refractivity contribution is 7.91. The highest BCUT2D eigenvalue weighted by atomic mass is 35.5. The van der Waals surface area contributed by atoms with E-state index in [2.05, 4.69) is 6.58 Å². The minimum absolute atomic E-state index is 0.0516. The minimum atomic E-state index is -3.48. The van der Waals surface area contributed by atoms with Crippen LogP contribution in [0.2, 0.25) is 5.02 Å². The van der Waals surface area contributed by atoms with Gasteiger partial charge < -0.3 is 52.9 Å². The smallest absolute Gasteiger partial charge is 0.255 e. The molecule has 18 heteroatoms. The molecule has 0 heterocycles. The molecule has 13 N–H and O–H groups in total. The number of sulfone groups is 1. The normalized spacial score (nSPS) is 22.5. The number of nitrogens with zero attached hydrogens (tertiary/aromatic N) is 1. The van der Waals surface area contributed by atoms with Crippen LogP contribution in [0.3, 0.4) is 0 Å². The lowest BCUT2D eigenvalue weighted by Gasteiger charge is -2.52. The van der Waals surface area contributed by atoms with Gasteiger partial charge >= 0.3 is 0 Å². The van der Waals surface area contributed by atoms with Gasteiger partial charge in [-0.05, 0) is 92.5 Å². The number of anilines is 2. The van der Waals surface area contributed by atoms with Crippen molar-refractivity contribution in [2.75, 3.05) is 25.6 Å². The summed E-state index contributed by atoms with van der Waals surface area (Å²) in [5.41, 5.74) is 12.7. The zero-order valence-corrected chi connectivity index (χ0v) is 32.3. The molecule has 4 aromatic carbocycles. The molecule has 3 aliphatic rings. The molecular weight excluding hydrogens is 796 g/mol. The first kappa shape index (κ1) is 42.8. The zero-order valence-electron chi connectivity index (χ0n) is 30.7. The lowest BCUT2D eigenvalue weighted by atomic mass is 9.55. The number of hydrogen-bond donors (Lipinski definition) is 10. The molecule has 1 saturated carbocycles. The third kappa shape index (κ3) is 7.32. The van der Waals surface area contributed by atoms with E-state index in [-0.39, 0.29) is 43.0 Å². The number of nitrogen functional groups attached to an aromatic ring is 2. The van der Waals surface area contributed by atoms with Crippen molar-refractivity contribution < 1.29 is 58.5 Å². The first-order chi connectivity index (χ1) is 27.1. The largest absolute Gasteiger partial charge is 0.508 e. The maximum atomic E-state index is 13.7. The number of Topliss-reactive ketones (excluding diaryl/α,β-unsaturated/α-hetero) is 2. The summed E-state index contributed by atoms with van der Waals surface area (Å²) in [6.07, 6.45) is -1.75. The van der Waals surface area contributed by atoms with E-state index in [9.17, 15) is 48.3 Å². The molecule has 304 valence electrons. The van der Waals surface area contributed by atoms with Crippen LogP contribution in [0.15, 0.2) is 118 Å². The Balaban J connectivity index is 0.000000211. The number of carbonyl (C=O) groups is 3. The van der Waals surface area contributed by atoms with Crippen molar-refractivity contribution in [1.82, 2.24) is 4.90 Å². The zero-order chi connectivity index (χ0) is 43.2. The van der Waals surface area contributed by atoms with Crippen molar-refractivity contribution >= 4 is 61.6 Å². The quantitative estimate of drug-likeness (QED) is 0.104. The topological polar surface area (TPSA) is 308 Å². The van der Waals surface area contributed by atoms with Crippen LogP contribution in [-0.2, 0) is 24.2 Å². The van der Waals surface area contributed by atoms with Gasteiger partial charge in [-0.25, -0.2) is 8.42 Å². The number of aliphatic hydroxyl groups is 4. The van der Waals surface area contributed by atoms with Gasteiger partial charge in [0.05, 0.1) is 39.0 Å². The number of likely N-dealkylation sites (N-methyl/N-ethyl adjacent to an activating group) is 1. The molecule has 0 aromatic heterocycles. The van der Waals surface area contributed by atoms with Crippen molar-refractivity contribution in [3.05, 3.63) is 125 Å². The van der Waals surface area contributed by atoms with Crippen LogP contribution in [-0.4, -0.2) is 98.4 Å². The van der Waals surface area contributed by atoms with Gasteiger partial charge in [0, 0.05) is 33.9 Å². The number of ketones is 2. The van der Waals surface area contributed by atoms with Gasteiger partial charge in [-0.3, -0.25) is 19.3 Å². The first-order valence-corrected chi connectivity index (χ1v) is 18.9. The van der Waals surface area contributed by atoms with Crippen LogP contribution in [0, 0.1) is 11.8 Å². The van der Waals surface area contributed by atoms with Gasteiger partial charge in [0.25, 0.3) is 5.91 Å². The summed E-state index contributed by atoms with van der Waals surface area (Å²) in [5.74, 6) is -9.00. The van der Waals surface area contributed by atoms with Crippen molar-refractivity contribution in [2.24, 2.45) is 17.6 Å². The van der Waals surface area contributed by atoms with E-state index in [4.69, 9.17) is 39.0 Å². The van der Waals surface area contributed by atoms with Crippen molar-refractivity contribution in [3.8, 4) is 17.2 Å². The van der Waals surface area contributed by atoms with Crippen molar-refractivity contribution in [2.45, 2.75) is 27.5 Å². The van der Waals surface area contributed by atoms with Crippen LogP contribution in [0.25, 0.3) is 11.3 Å². The first-order valence-electron chi connectivity index (χ1n) is 17.0. The minimum Gasteiger partial charge on any atom is -0.508 e. The fourth-order valence-electron chi connectivity index (χ4n) is 7.18. The van der Waals surface area contributed by atoms with E-state index in [1.807, 2.05) is 0 Å². The van der Waals surface area contributed by atoms with Crippen molar-refractivity contribution in [3.63, 3.8) is 0 Å². The highest BCUT2D eigenvalue weighted by Crippen LogP contribution is 2.56. The molecule has 3 aliphatic carbocycles. The van der Waals surface area contributed by atoms with Crippen LogP contribution in [0.1, 0.15) is 11.1 Å². The second kappa shape index (κ2) is 15.9. The second-order valence-corrected chi connectivity index (χ2v) is 16.1. The number of primary amides is 1. The van der Waals surface area contributed by atoms with Gasteiger partial charge in [-0.1, -0.05) is 24.2 Å². The number of nitrogens with two attached hydrogens (primary N) is 3. The van der Waals surface area contributed by atoms with Gasteiger partial charge in [0.1, 0.15) is 34.3 Å². The number of amides is 1. The second-order valence-electron chi connectivity index (χ2n) is 13.7. The van der Waals surface area contributed by atoms with E-state index in [1.165, 1.54) is 73.6 Å². The Kier molecular flexibility index (Phi) is 11.7.